The van der Waals surface area contributed by atoms with Gasteiger partial charge in [-0.05, 0) is 49.2 Å². The minimum atomic E-state index is -3.75. The average molecular weight is 496 g/mol. The van der Waals surface area contributed by atoms with Crippen LogP contribution >= 0.6 is 0 Å². The highest BCUT2D eigenvalue weighted by atomic mass is 32.2. The third kappa shape index (κ3) is 5.84. The highest BCUT2D eigenvalue weighted by molar-refractivity contribution is 7.92. The van der Waals surface area contributed by atoms with E-state index in [1.165, 1.54) is 42.7 Å². The van der Waals surface area contributed by atoms with E-state index in [0.717, 1.165) is 36.2 Å². The molecule has 0 atom stereocenters. The van der Waals surface area contributed by atoms with Crippen LogP contribution in [0.1, 0.15) is 36.0 Å². The van der Waals surface area contributed by atoms with Gasteiger partial charge in [0.15, 0.2) is 0 Å². The van der Waals surface area contributed by atoms with Crippen molar-refractivity contribution in [3.05, 3.63) is 48.0 Å². The molecule has 0 radical (unpaired) electrons. The van der Waals surface area contributed by atoms with Crippen LogP contribution in [0.3, 0.4) is 0 Å². The van der Waals surface area contributed by atoms with Gasteiger partial charge in [0.05, 0.1) is 29.5 Å². The summed E-state index contributed by atoms with van der Waals surface area (Å²) in [6.07, 6.45) is 4.69. The average Bonchev–Trinajstić information content (AvgIpc) is 3.08. The second kappa shape index (κ2) is 10.1. The number of hydrogen-bond acceptors (Lipinski definition) is 6. The van der Waals surface area contributed by atoms with Crippen LogP contribution in [0.25, 0.3) is 0 Å². The van der Waals surface area contributed by atoms with Crippen molar-refractivity contribution in [3.8, 4) is 5.75 Å². The minimum absolute atomic E-state index is 0.0286. The van der Waals surface area contributed by atoms with Crippen LogP contribution in [-0.2, 0) is 20.0 Å². The van der Waals surface area contributed by atoms with E-state index in [4.69, 9.17) is 4.74 Å². The molecule has 1 heterocycles. The lowest BCUT2D eigenvalue weighted by Crippen LogP contribution is -2.32. The number of hydrogen-bond donors (Lipinski definition) is 1. The summed E-state index contributed by atoms with van der Waals surface area (Å²) in [5, 5.41) is 2.70. The van der Waals surface area contributed by atoms with E-state index in [-0.39, 0.29) is 16.2 Å². The number of sulfonamides is 2. The first-order chi connectivity index (χ1) is 15.5. The molecule has 0 saturated carbocycles. The molecule has 0 spiro atoms. The van der Waals surface area contributed by atoms with E-state index in [0.29, 0.717) is 24.5 Å². The number of nitrogens with one attached hydrogen (secondary N) is 1. The van der Waals surface area contributed by atoms with E-state index < -0.39 is 26.0 Å². The van der Waals surface area contributed by atoms with Gasteiger partial charge in [-0.15, -0.1) is 0 Å². The van der Waals surface area contributed by atoms with Gasteiger partial charge >= 0.3 is 0 Å². The Morgan fingerprint density at radius 2 is 1.67 bits per heavy atom. The summed E-state index contributed by atoms with van der Waals surface area (Å²) in [6, 6.07) is 10.6. The van der Waals surface area contributed by atoms with E-state index in [1.54, 1.807) is 18.2 Å². The van der Waals surface area contributed by atoms with Crippen LogP contribution in [0.2, 0.25) is 0 Å². The maximum atomic E-state index is 13.2. The zero-order valence-corrected chi connectivity index (χ0v) is 20.6. The molecule has 1 N–H and O–H groups in total. The molecule has 0 aromatic heterocycles. The first-order valence-corrected chi connectivity index (χ1v) is 13.9. The standard InChI is InChI=1S/C22H29N3O6S2/c1-24(32(3,27)28)18-10-8-9-17(15-18)23-22(26)20-16-19(11-12-21(20)31-2)33(29,30)25-13-6-4-5-7-14-25/h8-12,15-16H,4-7,13-14H2,1-3H3,(H,23,26). The van der Waals surface area contributed by atoms with Crippen molar-refractivity contribution in [2.75, 3.05) is 43.1 Å². The summed E-state index contributed by atoms with van der Waals surface area (Å²) in [5.74, 6) is -0.342. The fraction of sp³-hybridized carbons (Fsp3) is 0.409. The zero-order valence-electron chi connectivity index (χ0n) is 18.9. The predicted molar refractivity (Wildman–Crippen MR) is 128 cm³/mol. The molecule has 2 aromatic carbocycles. The Kier molecular flexibility index (Phi) is 7.65. The summed E-state index contributed by atoms with van der Waals surface area (Å²) in [4.78, 5) is 13.1. The second-order valence-corrected chi connectivity index (χ2v) is 11.9. The largest absolute Gasteiger partial charge is 0.496 e. The second-order valence-electron chi connectivity index (χ2n) is 7.92. The van der Waals surface area contributed by atoms with Crippen LogP contribution < -0.4 is 14.4 Å². The highest BCUT2D eigenvalue weighted by Gasteiger charge is 2.27. The SMILES string of the molecule is COc1ccc(S(=O)(=O)N2CCCCCC2)cc1C(=O)Nc1cccc(N(C)S(C)(=O)=O)c1. The number of benzene rings is 2. The van der Waals surface area contributed by atoms with Gasteiger partial charge in [-0.1, -0.05) is 18.9 Å². The van der Waals surface area contributed by atoms with E-state index in [9.17, 15) is 21.6 Å². The molecule has 1 amide bonds. The van der Waals surface area contributed by atoms with Gasteiger partial charge in [0.1, 0.15) is 5.75 Å². The third-order valence-electron chi connectivity index (χ3n) is 5.58. The van der Waals surface area contributed by atoms with Crippen molar-refractivity contribution in [1.82, 2.24) is 4.31 Å². The number of ether oxygens (including phenoxy) is 1. The van der Waals surface area contributed by atoms with Crippen molar-refractivity contribution in [3.63, 3.8) is 0 Å². The van der Waals surface area contributed by atoms with Crippen molar-refractivity contribution in [1.29, 1.82) is 0 Å². The molecule has 0 bridgehead atoms. The van der Waals surface area contributed by atoms with Gasteiger partial charge in [-0.25, -0.2) is 16.8 Å². The maximum absolute atomic E-state index is 13.2. The molecule has 2 aromatic rings. The van der Waals surface area contributed by atoms with Gasteiger partial charge in [-0.2, -0.15) is 4.31 Å². The Labute approximate surface area is 195 Å². The highest BCUT2D eigenvalue weighted by Crippen LogP contribution is 2.28. The Balaban J connectivity index is 1.90. The molecule has 1 fully saturated rings. The summed E-state index contributed by atoms with van der Waals surface area (Å²) < 4.78 is 57.8. The first-order valence-electron chi connectivity index (χ1n) is 10.6. The third-order valence-corrected chi connectivity index (χ3v) is 8.68. The van der Waals surface area contributed by atoms with Crippen molar-refractivity contribution in [2.24, 2.45) is 0 Å². The minimum Gasteiger partial charge on any atom is -0.496 e. The lowest BCUT2D eigenvalue weighted by atomic mass is 10.1. The van der Waals surface area contributed by atoms with Crippen molar-refractivity contribution in [2.45, 2.75) is 30.6 Å². The molecular formula is C22H29N3O6S2. The Bertz CT molecular complexity index is 1220. The van der Waals surface area contributed by atoms with E-state index in [2.05, 4.69) is 5.32 Å². The molecule has 1 aliphatic rings. The Morgan fingerprint density at radius 3 is 2.27 bits per heavy atom. The topological polar surface area (TPSA) is 113 Å². The molecule has 11 heteroatoms. The molecule has 9 nitrogen and oxygen atoms in total. The van der Waals surface area contributed by atoms with E-state index in [1.807, 2.05) is 0 Å². The van der Waals surface area contributed by atoms with Crippen molar-refractivity contribution < 1.29 is 26.4 Å². The zero-order chi connectivity index (χ0) is 24.2. The molecule has 180 valence electrons. The van der Waals surface area contributed by atoms with Gasteiger partial charge in [0, 0.05) is 25.8 Å². The number of nitrogens with zero attached hydrogens (tertiary/aromatic N) is 2. The van der Waals surface area contributed by atoms with Crippen molar-refractivity contribution >= 4 is 37.3 Å². The van der Waals surface area contributed by atoms with Crippen LogP contribution in [0, 0.1) is 0 Å². The fourth-order valence-corrected chi connectivity index (χ4v) is 5.67. The quantitative estimate of drug-likeness (QED) is 0.632. The Hall–Kier alpha value is -2.63. The number of anilines is 2. The summed E-state index contributed by atoms with van der Waals surface area (Å²) in [5.41, 5.74) is 0.797. The Morgan fingerprint density at radius 1 is 1.00 bits per heavy atom. The number of amides is 1. The summed E-state index contributed by atoms with van der Waals surface area (Å²) in [7, 11) is -4.41. The maximum Gasteiger partial charge on any atom is 0.259 e. The van der Waals surface area contributed by atoms with Crippen LogP contribution in [0.5, 0.6) is 5.75 Å². The number of methoxy groups -OCH3 is 1. The van der Waals surface area contributed by atoms with Gasteiger partial charge < -0.3 is 10.1 Å². The molecule has 3 rings (SSSR count). The van der Waals surface area contributed by atoms with Crippen LogP contribution in [-0.4, -0.2) is 60.6 Å². The molecule has 0 aliphatic carbocycles. The first kappa shape index (κ1) is 25.0. The number of carbonyl (C=O) groups excluding carboxylic acids is 1. The lowest BCUT2D eigenvalue weighted by Gasteiger charge is -2.21. The smallest absolute Gasteiger partial charge is 0.259 e. The van der Waals surface area contributed by atoms with Gasteiger partial charge in [0.25, 0.3) is 5.91 Å². The molecule has 1 aliphatic heterocycles. The number of carbonyl (C=O) groups is 1. The fourth-order valence-electron chi connectivity index (χ4n) is 3.63. The lowest BCUT2D eigenvalue weighted by molar-refractivity contribution is 0.102. The normalized spacial score (nSPS) is 15.5. The molecular weight excluding hydrogens is 466 g/mol. The van der Waals surface area contributed by atoms with Crippen LogP contribution in [0.4, 0.5) is 11.4 Å². The number of rotatable bonds is 7. The van der Waals surface area contributed by atoms with Crippen LogP contribution in [0.15, 0.2) is 47.4 Å². The molecule has 33 heavy (non-hydrogen) atoms. The summed E-state index contributed by atoms with van der Waals surface area (Å²) in [6.45, 7) is 0.910. The molecule has 0 unspecified atom stereocenters. The monoisotopic (exact) mass is 495 g/mol. The predicted octanol–water partition coefficient (Wildman–Crippen LogP) is 2.91. The van der Waals surface area contributed by atoms with Gasteiger partial charge in [-0.3, -0.25) is 9.10 Å². The van der Waals surface area contributed by atoms with E-state index >= 15 is 0 Å². The molecule has 1 saturated heterocycles. The summed E-state index contributed by atoms with van der Waals surface area (Å²) >= 11 is 0. The van der Waals surface area contributed by atoms with Gasteiger partial charge in [0.2, 0.25) is 20.0 Å².